The molecule has 1 heterocycles. The van der Waals surface area contributed by atoms with Gasteiger partial charge < -0.3 is 10.6 Å². The molecule has 0 aliphatic heterocycles. The van der Waals surface area contributed by atoms with Gasteiger partial charge in [-0.25, -0.2) is 9.37 Å². The number of halogens is 1. The molecule has 106 valence electrons. The van der Waals surface area contributed by atoms with Crippen LogP contribution in [0, 0.1) is 12.7 Å². The number of nitrogens with zero attached hydrogens (tertiary/aromatic N) is 2. The second kappa shape index (κ2) is 6.32. The van der Waals surface area contributed by atoms with Crippen molar-refractivity contribution in [3.63, 3.8) is 0 Å². The Morgan fingerprint density at radius 2 is 1.85 bits per heavy atom. The molecule has 2 N–H and O–H groups in total. The number of hydrogen-bond acceptors (Lipinski definition) is 4. The lowest BCUT2D eigenvalue weighted by Gasteiger charge is -2.11. The molecule has 2 aromatic rings. The van der Waals surface area contributed by atoms with Gasteiger partial charge in [0.05, 0.1) is 0 Å². The summed E-state index contributed by atoms with van der Waals surface area (Å²) in [5, 5.41) is 6.40. The van der Waals surface area contributed by atoms with E-state index >= 15 is 0 Å². The number of aromatic nitrogens is 2. The van der Waals surface area contributed by atoms with E-state index in [1.165, 1.54) is 12.1 Å². The lowest BCUT2D eigenvalue weighted by molar-refractivity contribution is 0.627. The van der Waals surface area contributed by atoms with E-state index in [4.69, 9.17) is 0 Å². The molecule has 2 rings (SSSR count). The first kappa shape index (κ1) is 14.2. The van der Waals surface area contributed by atoms with Crippen LogP contribution < -0.4 is 10.6 Å². The van der Waals surface area contributed by atoms with Crippen molar-refractivity contribution < 1.29 is 4.39 Å². The average Bonchev–Trinajstić information content (AvgIpc) is 2.36. The topological polar surface area (TPSA) is 49.8 Å². The fourth-order valence-corrected chi connectivity index (χ4v) is 1.78. The summed E-state index contributed by atoms with van der Waals surface area (Å²) < 4.78 is 12.8. The van der Waals surface area contributed by atoms with Crippen molar-refractivity contribution >= 4 is 11.8 Å². The van der Waals surface area contributed by atoms with Crippen molar-refractivity contribution in [3.05, 3.63) is 47.4 Å². The van der Waals surface area contributed by atoms with Gasteiger partial charge in [-0.05, 0) is 38.5 Å². The van der Waals surface area contributed by atoms with E-state index in [0.717, 1.165) is 17.1 Å². The summed E-state index contributed by atoms with van der Waals surface area (Å²) >= 11 is 0. The minimum atomic E-state index is -0.227. The number of aryl methyl sites for hydroxylation is 1. The lowest BCUT2D eigenvalue weighted by atomic mass is 10.2. The van der Waals surface area contributed by atoms with E-state index in [0.29, 0.717) is 12.5 Å². The third-order valence-electron chi connectivity index (χ3n) is 2.66. The van der Waals surface area contributed by atoms with Gasteiger partial charge in [-0.1, -0.05) is 12.1 Å². The molecule has 4 nitrogen and oxygen atoms in total. The molecule has 0 fully saturated rings. The normalized spacial score (nSPS) is 10.7. The Kier molecular flexibility index (Phi) is 4.50. The summed E-state index contributed by atoms with van der Waals surface area (Å²) in [4.78, 5) is 8.73. The van der Waals surface area contributed by atoms with Crippen molar-refractivity contribution in [2.24, 2.45) is 0 Å². The van der Waals surface area contributed by atoms with E-state index in [1.807, 2.05) is 26.8 Å². The molecule has 0 atom stereocenters. The van der Waals surface area contributed by atoms with Crippen LogP contribution in [-0.4, -0.2) is 16.0 Å². The molecule has 0 saturated heterocycles. The van der Waals surface area contributed by atoms with Crippen LogP contribution >= 0.6 is 0 Å². The molecule has 20 heavy (non-hydrogen) atoms. The average molecular weight is 274 g/mol. The molecule has 5 heteroatoms. The second-order valence-electron chi connectivity index (χ2n) is 5.00. The van der Waals surface area contributed by atoms with Gasteiger partial charge in [-0.15, -0.1) is 0 Å². The maximum absolute atomic E-state index is 12.8. The highest BCUT2D eigenvalue weighted by atomic mass is 19.1. The largest absolute Gasteiger partial charge is 0.366 e. The molecule has 0 aliphatic carbocycles. The van der Waals surface area contributed by atoms with E-state index < -0.39 is 0 Å². The van der Waals surface area contributed by atoms with Crippen LogP contribution in [-0.2, 0) is 6.54 Å². The first-order valence-electron chi connectivity index (χ1n) is 6.63. The minimum Gasteiger partial charge on any atom is -0.366 e. The fraction of sp³-hybridized carbons (Fsp3) is 0.333. The van der Waals surface area contributed by atoms with E-state index in [-0.39, 0.29) is 11.9 Å². The Bertz CT molecular complexity index is 567. The van der Waals surface area contributed by atoms with E-state index in [2.05, 4.69) is 20.6 Å². The molecule has 1 aromatic carbocycles. The monoisotopic (exact) mass is 274 g/mol. The first-order chi connectivity index (χ1) is 9.52. The van der Waals surface area contributed by atoms with Crippen molar-refractivity contribution in [1.29, 1.82) is 0 Å². The van der Waals surface area contributed by atoms with Crippen LogP contribution in [0.5, 0.6) is 0 Å². The lowest BCUT2D eigenvalue weighted by Crippen LogP contribution is -2.14. The molecule has 1 aromatic heterocycles. The summed E-state index contributed by atoms with van der Waals surface area (Å²) in [6.45, 7) is 6.60. The van der Waals surface area contributed by atoms with Crippen LogP contribution in [0.1, 0.15) is 25.1 Å². The summed E-state index contributed by atoms with van der Waals surface area (Å²) in [6.07, 6.45) is 0. The number of benzene rings is 1. The minimum absolute atomic E-state index is 0.227. The maximum Gasteiger partial charge on any atom is 0.225 e. The zero-order valence-electron chi connectivity index (χ0n) is 11.9. The maximum atomic E-state index is 12.8. The van der Waals surface area contributed by atoms with Crippen molar-refractivity contribution in [2.45, 2.75) is 33.4 Å². The van der Waals surface area contributed by atoms with Crippen LogP contribution in [0.4, 0.5) is 16.2 Å². The Hall–Kier alpha value is -2.17. The van der Waals surface area contributed by atoms with Gasteiger partial charge in [0.1, 0.15) is 11.6 Å². The van der Waals surface area contributed by atoms with E-state index in [9.17, 15) is 4.39 Å². The van der Waals surface area contributed by atoms with Gasteiger partial charge in [0.2, 0.25) is 5.95 Å². The van der Waals surface area contributed by atoms with Gasteiger partial charge in [-0.3, -0.25) is 0 Å². The van der Waals surface area contributed by atoms with Gasteiger partial charge in [0.15, 0.2) is 0 Å². The Morgan fingerprint density at radius 3 is 2.50 bits per heavy atom. The van der Waals surface area contributed by atoms with Crippen molar-refractivity contribution in [1.82, 2.24) is 9.97 Å². The molecule has 0 amide bonds. The molecule has 0 radical (unpaired) electrons. The standard InChI is InChI=1S/C15H19FN4/c1-10(2)18-15-19-11(3)8-14(20-15)17-9-12-4-6-13(16)7-5-12/h4-8,10H,9H2,1-3H3,(H2,17,18,19,20). The predicted octanol–water partition coefficient (Wildman–Crippen LogP) is 3.36. The van der Waals surface area contributed by atoms with Crippen molar-refractivity contribution in [2.75, 3.05) is 10.6 Å². The van der Waals surface area contributed by atoms with E-state index in [1.54, 1.807) is 12.1 Å². The van der Waals surface area contributed by atoms with Gasteiger partial charge in [0, 0.05) is 24.3 Å². The summed E-state index contributed by atoms with van der Waals surface area (Å²) in [7, 11) is 0. The first-order valence-corrected chi connectivity index (χ1v) is 6.63. The Labute approximate surface area is 118 Å². The number of hydrogen-bond donors (Lipinski definition) is 2. The van der Waals surface area contributed by atoms with Crippen LogP contribution in [0.15, 0.2) is 30.3 Å². The highest BCUT2D eigenvalue weighted by Crippen LogP contribution is 2.12. The van der Waals surface area contributed by atoms with Gasteiger partial charge in [-0.2, -0.15) is 4.98 Å². The fourth-order valence-electron chi connectivity index (χ4n) is 1.78. The number of anilines is 2. The smallest absolute Gasteiger partial charge is 0.225 e. The number of nitrogens with one attached hydrogen (secondary N) is 2. The molecule has 0 saturated carbocycles. The molecule has 0 spiro atoms. The second-order valence-corrected chi connectivity index (χ2v) is 5.00. The van der Waals surface area contributed by atoms with Crippen LogP contribution in [0.25, 0.3) is 0 Å². The zero-order chi connectivity index (χ0) is 14.5. The predicted molar refractivity (Wildman–Crippen MR) is 79.3 cm³/mol. The highest BCUT2D eigenvalue weighted by Gasteiger charge is 2.03. The Balaban J connectivity index is 2.05. The SMILES string of the molecule is Cc1cc(NCc2ccc(F)cc2)nc(NC(C)C)n1. The third kappa shape index (κ3) is 4.19. The summed E-state index contributed by atoms with van der Waals surface area (Å²) in [5.41, 5.74) is 1.89. The molecule has 0 bridgehead atoms. The molecule has 0 unspecified atom stereocenters. The third-order valence-corrected chi connectivity index (χ3v) is 2.66. The summed E-state index contributed by atoms with van der Waals surface area (Å²) in [5.74, 6) is 1.14. The summed E-state index contributed by atoms with van der Waals surface area (Å²) in [6, 6.07) is 8.58. The molecular weight excluding hydrogens is 255 g/mol. The van der Waals surface area contributed by atoms with Gasteiger partial charge >= 0.3 is 0 Å². The highest BCUT2D eigenvalue weighted by molar-refractivity contribution is 5.43. The quantitative estimate of drug-likeness (QED) is 0.877. The molecule has 0 aliphatic rings. The van der Waals surface area contributed by atoms with Crippen molar-refractivity contribution in [3.8, 4) is 0 Å². The zero-order valence-corrected chi connectivity index (χ0v) is 11.9. The number of rotatable bonds is 5. The van der Waals surface area contributed by atoms with Crippen LogP contribution in [0.2, 0.25) is 0 Å². The van der Waals surface area contributed by atoms with Gasteiger partial charge in [0.25, 0.3) is 0 Å². The van der Waals surface area contributed by atoms with Crippen LogP contribution in [0.3, 0.4) is 0 Å². The Morgan fingerprint density at radius 1 is 1.15 bits per heavy atom. The molecular formula is C15H19FN4.